The van der Waals surface area contributed by atoms with Gasteiger partial charge in [-0.1, -0.05) is 30.3 Å². The number of esters is 1. The Balaban J connectivity index is 1.59. The molecule has 2 heterocycles. The Morgan fingerprint density at radius 3 is 2.58 bits per heavy atom. The number of hydrogen-bond donors (Lipinski definition) is 2. The standard InChI is InChI=1S/C19H18FN3O3/c20-13-6-8-14(9-7-13)22-17(24)15-10-21-11-16-19(25)26-18(23(15)16)12-4-2-1-3-5-12/h1-9,15-16,18,21H,10-11H2,(H,22,24). The van der Waals surface area contributed by atoms with Crippen LogP contribution in [0.15, 0.2) is 54.6 Å². The molecular weight excluding hydrogens is 337 g/mol. The highest BCUT2D eigenvalue weighted by atomic mass is 19.1. The van der Waals surface area contributed by atoms with Gasteiger partial charge in [-0.25, -0.2) is 9.29 Å². The summed E-state index contributed by atoms with van der Waals surface area (Å²) in [6.07, 6.45) is -0.597. The van der Waals surface area contributed by atoms with Crippen molar-refractivity contribution in [1.29, 1.82) is 0 Å². The predicted molar refractivity (Wildman–Crippen MR) is 92.6 cm³/mol. The van der Waals surface area contributed by atoms with Gasteiger partial charge in [-0.3, -0.25) is 9.59 Å². The van der Waals surface area contributed by atoms with Crippen molar-refractivity contribution in [3.05, 3.63) is 66.0 Å². The van der Waals surface area contributed by atoms with Crippen molar-refractivity contribution in [2.45, 2.75) is 18.3 Å². The van der Waals surface area contributed by atoms with Crippen LogP contribution in [-0.2, 0) is 14.3 Å². The van der Waals surface area contributed by atoms with E-state index in [0.29, 0.717) is 18.8 Å². The van der Waals surface area contributed by atoms with E-state index in [-0.39, 0.29) is 17.7 Å². The molecule has 2 aromatic carbocycles. The van der Waals surface area contributed by atoms with Gasteiger partial charge in [0.1, 0.15) is 17.9 Å². The van der Waals surface area contributed by atoms with Crippen LogP contribution in [0.2, 0.25) is 0 Å². The Kier molecular flexibility index (Phi) is 4.40. The third-order valence-electron chi connectivity index (χ3n) is 4.66. The summed E-state index contributed by atoms with van der Waals surface area (Å²) in [4.78, 5) is 26.9. The van der Waals surface area contributed by atoms with Crippen LogP contribution in [0.3, 0.4) is 0 Å². The Morgan fingerprint density at radius 1 is 1.12 bits per heavy atom. The summed E-state index contributed by atoms with van der Waals surface area (Å²) in [7, 11) is 0. The maximum atomic E-state index is 13.1. The van der Waals surface area contributed by atoms with Gasteiger partial charge >= 0.3 is 5.97 Å². The third kappa shape index (κ3) is 3.07. The van der Waals surface area contributed by atoms with Crippen LogP contribution in [0.5, 0.6) is 0 Å². The molecular formula is C19H18FN3O3. The zero-order valence-corrected chi connectivity index (χ0v) is 13.9. The first kappa shape index (κ1) is 16.7. The molecule has 2 aliphatic heterocycles. The summed E-state index contributed by atoms with van der Waals surface area (Å²) < 4.78 is 18.6. The largest absolute Gasteiger partial charge is 0.441 e. The molecule has 0 aliphatic carbocycles. The molecule has 0 spiro atoms. The number of fused-ring (bicyclic) bond motifs is 1. The molecule has 2 aliphatic rings. The molecule has 2 fully saturated rings. The number of carbonyl (C=O) groups is 2. The number of rotatable bonds is 3. The summed E-state index contributed by atoms with van der Waals surface area (Å²) in [6.45, 7) is 0.825. The van der Waals surface area contributed by atoms with Crippen LogP contribution in [0, 0.1) is 5.82 Å². The Labute approximate surface area is 149 Å². The molecule has 0 radical (unpaired) electrons. The highest BCUT2D eigenvalue weighted by Crippen LogP contribution is 2.35. The van der Waals surface area contributed by atoms with Crippen molar-refractivity contribution in [3.63, 3.8) is 0 Å². The average Bonchev–Trinajstić information content (AvgIpc) is 3.01. The van der Waals surface area contributed by atoms with Gasteiger partial charge in [-0.2, -0.15) is 0 Å². The van der Waals surface area contributed by atoms with Crippen molar-refractivity contribution >= 4 is 17.6 Å². The van der Waals surface area contributed by atoms with Crippen LogP contribution >= 0.6 is 0 Å². The fourth-order valence-electron chi connectivity index (χ4n) is 3.41. The third-order valence-corrected chi connectivity index (χ3v) is 4.66. The molecule has 2 saturated heterocycles. The molecule has 3 unspecified atom stereocenters. The van der Waals surface area contributed by atoms with E-state index in [2.05, 4.69) is 10.6 Å². The number of anilines is 1. The number of carbonyl (C=O) groups excluding carboxylic acids is 2. The van der Waals surface area contributed by atoms with Gasteiger partial charge in [0.05, 0.1) is 0 Å². The zero-order valence-electron chi connectivity index (χ0n) is 13.9. The van der Waals surface area contributed by atoms with E-state index in [0.717, 1.165) is 5.56 Å². The van der Waals surface area contributed by atoms with E-state index in [1.54, 1.807) is 0 Å². The van der Waals surface area contributed by atoms with Gasteiger partial charge in [0.25, 0.3) is 0 Å². The molecule has 0 saturated carbocycles. The SMILES string of the molecule is O=C(Nc1ccc(F)cc1)C1CNCC2C(=O)OC(c3ccccc3)N12. The van der Waals surface area contributed by atoms with Crippen molar-refractivity contribution in [2.24, 2.45) is 0 Å². The summed E-state index contributed by atoms with van der Waals surface area (Å²) >= 11 is 0. The number of cyclic esters (lactones) is 1. The molecule has 2 N–H and O–H groups in total. The van der Waals surface area contributed by atoms with E-state index in [4.69, 9.17) is 4.74 Å². The Bertz CT molecular complexity index is 813. The van der Waals surface area contributed by atoms with Crippen LogP contribution in [0.4, 0.5) is 10.1 Å². The van der Waals surface area contributed by atoms with Crippen molar-refractivity contribution in [3.8, 4) is 0 Å². The van der Waals surface area contributed by atoms with Crippen molar-refractivity contribution in [1.82, 2.24) is 10.2 Å². The average molecular weight is 355 g/mol. The number of piperazine rings is 1. The van der Waals surface area contributed by atoms with Gasteiger partial charge < -0.3 is 15.4 Å². The molecule has 0 bridgehead atoms. The second kappa shape index (κ2) is 6.86. The van der Waals surface area contributed by atoms with Gasteiger partial charge in [-0.05, 0) is 24.3 Å². The highest BCUT2D eigenvalue weighted by molar-refractivity contribution is 5.96. The van der Waals surface area contributed by atoms with Gasteiger partial charge in [0.2, 0.25) is 5.91 Å². The second-order valence-corrected chi connectivity index (χ2v) is 6.33. The Morgan fingerprint density at radius 2 is 1.85 bits per heavy atom. The molecule has 0 aromatic heterocycles. The maximum Gasteiger partial charge on any atom is 0.326 e. The first-order valence-corrected chi connectivity index (χ1v) is 8.43. The lowest BCUT2D eigenvalue weighted by Crippen LogP contribution is -2.60. The number of halogens is 1. The van der Waals surface area contributed by atoms with Crippen molar-refractivity contribution in [2.75, 3.05) is 18.4 Å². The smallest absolute Gasteiger partial charge is 0.326 e. The minimum atomic E-state index is -0.597. The summed E-state index contributed by atoms with van der Waals surface area (Å²) in [6, 6.07) is 13.8. The molecule has 3 atom stereocenters. The van der Waals surface area contributed by atoms with E-state index < -0.39 is 18.3 Å². The number of ether oxygens (including phenoxy) is 1. The monoisotopic (exact) mass is 355 g/mol. The molecule has 134 valence electrons. The minimum Gasteiger partial charge on any atom is -0.441 e. The fraction of sp³-hybridized carbons (Fsp3) is 0.263. The lowest BCUT2D eigenvalue weighted by molar-refractivity contribution is -0.143. The van der Waals surface area contributed by atoms with E-state index in [1.165, 1.54) is 24.3 Å². The first-order valence-electron chi connectivity index (χ1n) is 8.43. The normalized spacial score (nSPS) is 25.4. The number of hydrogen-bond acceptors (Lipinski definition) is 5. The van der Waals surface area contributed by atoms with Gasteiger partial charge in [0, 0.05) is 24.3 Å². The second-order valence-electron chi connectivity index (χ2n) is 6.33. The molecule has 2 aromatic rings. The Hall–Kier alpha value is -2.77. The molecule has 1 amide bonds. The van der Waals surface area contributed by atoms with Crippen LogP contribution in [0.1, 0.15) is 11.8 Å². The van der Waals surface area contributed by atoms with Crippen LogP contribution in [0.25, 0.3) is 0 Å². The highest BCUT2D eigenvalue weighted by Gasteiger charge is 2.50. The zero-order chi connectivity index (χ0) is 18.1. The number of nitrogens with zero attached hydrogens (tertiary/aromatic N) is 1. The maximum absolute atomic E-state index is 13.1. The summed E-state index contributed by atoms with van der Waals surface area (Å²) in [5.74, 6) is -0.983. The number of amides is 1. The van der Waals surface area contributed by atoms with Gasteiger partial charge in [0.15, 0.2) is 6.23 Å². The molecule has 7 heteroatoms. The quantitative estimate of drug-likeness (QED) is 0.820. The van der Waals surface area contributed by atoms with E-state index >= 15 is 0 Å². The summed E-state index contributed by atoms with van der Waals surface area (Å²) in [5.41, 5.74) is 1.33. The van der Waals surface area contributed by atoms with Crippen molar-refractivity contribution < 1.29 is 18.7 Å². The van der Waals surface area contributed by atoms with E-state index in [1.807, 2.05) is 35.2 Å². The predicted octanol–water partition coefficient (Wildman–Crippen LogP) is 1.66. The summed E-state index contributed by atoms with van der Waals surface area (Å²) in [5, 5.41) is 5.91. The van der Waals surface area contributed by atoms with Crippen LogP contribution in [-0.4, -0.2) is 41.9 Å². The van der Waals surface area contributed by atoms with E-state index in [9.17, 15) is 14.0 Å². The molecule has 4 rings (SSSR count). The number of benzene rings is 2. The minimum absolute atomic E-state index is 0.270. The lowest BCUT2D eigenvalue weighted by Gasteiger charge is -2.37. The van der Waals surface area contributed by atoms with Crippen LogP contribution < -0.4 is 10.6 Å². The molecule has 6 nitrogen and oxygen atoms in total. The topological polar surface area (TPSA) is 70.7 Å². The molecule has 26 heavy (non-hydrogen) atoms. The number of nitrogens with one attached hydrogen (secondary N) is 2. The first-order chi connectivity index (χ1) is 12.6. The van der Waals surface area contributed by atoms with Gasteiger partial charge in [-0.15, -0.1) is 0 Å². The lowest BCUT2D eigenvalue weighted by atomic mass is 10.1. The fourth-order valence-corrected chi connectivity index (χ4v) is 3.41.